The molecule has 19 heteroatoms. The molecule has 0 saturated heterocycles. The van der Waals surface area contributed by atoms with E-state index in [2.05, 4.69) is 0 Å². The fourth-order valence-electron chi connectivity index (χ4n) is 0.773. The van der Waals surface area contributed by atoms with E-state index in [9.17, 15) is 59.4 Å². The minimum absolute atomic E-state index is 0. The summed E-state index contributed by atoms with van der Waals surface area (Å²) in [5.41, 5.74) is 0. The van der Waals surface area contributed by atoms with E-state index in [0.29, 0.717) is 0 Å². The Morgan fingerprint density at radius 3 is 0.452 bits per heavy atom. The summed E-state index contributed by atoms with van der Waals surface area (Å²) in [5.74, 6) is -12.4. The molecule has 0 amide bonds. The molecule has 0 aliphatic carbocycles. The molecule has 0 aliphatic heterocycles. The van der Waals surface area contributed by atoms with Gasteiger partial charge in [-0.3, -0.25) is 0 Å². The maximum atomic E-state index is 9.63. The molecule has 0 heterocycles. The van der Waals surface area contributed by atoms with Gasteiger partial charge in [0.2, 0.25) is 0 Å². The molecule has 0 fully saturated rings. The van der Waals surface area contributed by atoms with E-state index in [1.807, 2.05) is 0 Å². The number of hydrogen-bond donors (Lipinski definition) is 6. The van der Waals surface area contributed by atoms with Crippen molar-refractivity contribution in [2.75, 3.05) is 0 Å². The summed E-state index contributed by atoms with van der Waals surface area (Å²) in [4.78, 5) is 57.8. The van der Waals surface area contributed by atoms with Crippen molar-refractivity contribution in [3.63, 3.8) is 0 Å². The SMILES string of the molecule is O=C([O-])C(O)C(O)C(=O)[O-].O=C([O-])C(O)C(O)C(=O)[O-].O=C([O-])C(O)C(O)C(=O)[O-].[U]. The van der Waals surface area contributed by atoms with Crippen molar-refractivity contribution in [1.82, 2.24) is 0 Å². The number of aliphatic hydroxyl groups excluding tert-OH is 6. The summed E-state index contributed by atoms with van der Waals surface area (Å²) in [5, 5.41) is 107. The van der Waals surface area contributed by atoms with Gasteiger partial charge in [-0.05, 0) is 0 Å². The smallest absolute Gasteiger partial charge is 0.124 e. The topological polar surface area (TPSA) is 362 Å². The molecule has 6 atom stereocenters. The van der Waals surface area contributed by atoms with Crippen molar-refractivity contribution in [2.24, 2.45) is 0 Å². The Bertz CT molecular complexity index is 493. The summed E-state index contributed by atoms with van der Waals surface area (Å²) < 4.78 is 0. The largest absolute Gasteiger partial charge is 0.547 e. The fraction of sp³-hybridized carbons (Fsp3) is 0.500. The minimum Gasteiger partial charge on any atom is -0.547 e. The second kappa shape index (κ2) is 17.3. The van der Waals surface area contributed by atoms with E-state index >= 15 is 0 Å². The van der Waals surface area contributed by atoms with Gasteiger partial charge in [0.05, 0.1) is 35.8 Å². The number of carbonyl (C=O) groups is 6. The number of carboxylic acids is 6. The van der Waals surface area contributed by atoms with Crippen LogP contribution in [0.3, 0.4) is 0 Å². The normalized spacial score (nSPS) is 15.3. The molecule has 0 aromatic rings. The van der Waals surface area contributed by atoms with Gasteiger partial charge in [0.1, 0.15) is 36.6 Å². The molecule has 0 bridgehead atoms. The molecule has 6 N–H and O–H groups in total. The van der Waals surface area contributed by atoms with Crippen LogP contribution in [0.1, 0.15) is 0 Å². The maximum Gasteiger partial charge on any atom is 0.124 e. The first-order valence-corrected chi connectivity index (χ1v) is 6.73. The van der Waals surface area contributed by atoms with Crippen LogP contribution < -0.4 is 30.6 Å². The third-order valence-electron chi connectivity index (χ3n) is 2.35. The molecule has 0 spiro atoms. The first-order valence-electron chi connectivity index (χ1n) is 6.73. The third-order valence-corrected chi connectivity index (χ3v) is 2.35. The van der Waals surface area contributed by atoms with Crippen LogP contribution in [0.4, 0.5) is 0 Å². The Morgan fingerprint density at radius 1 is 0.355 bits per heavy atom. The summed E-state index contributed by atoms with van der Waals surface area (Å²) >= 11 is 0. The molecule has 0 aromatic carbocycles. The van der Waals surface area contributed by atoms with Crippen LogP contribution in [0.25, 0.3) is 0 Å². The van der Waals surface area contributed by atoms with Gasteiger partial charge >= 0.3 is 0 Å². The monoisotopic (exact) mass is 682 g/mol. The van der Waals surface area contributed by atoms with Crippen molar-refractivity contribution in [3.8, 4) is 0 Å². The van der Waals surface area contributed by atoms with Crippen molar-refractivity contribution in [1.29, 1.82) is 0 Å². The molecule has 31 heavy (non-hydrogen) atoms. The zero-order valence-corrected chi connectivity index (χ0v) is 18.7. The van der Waals surface area contributed by atoms with Crippen molar-refractivity contribution in [3.05, 3.63) is 0 Å². The van der Waals surface area contributed by atoms with Crippen molar-refractivity contribution >= 4 is 35.8 Å². The molecule has 0 saturated carbocycles. The predicted molar refractivity (Wildman–Crippen MR) is 66.1 cm³/mol. The minimum atomic E-state index is -2.44. The Morgan fingerprint density at radius 2 is 0.419 bits per heavy atom. The van der Waals surface area contributed by atoms with E-state index in [4.69, 9.17) is 30.6 Å². The average Bonchev–Trinajstić information content (AvgIpc) is 2.64. The average molecular weight is 682 g/mol. The Balaban J connectivity index is -0.000000174. The molecule has 6 unspecified atom stereocenters. The van der Waals surface area contributed by atoms with Gasteiger partial charge < -0.3 is 90.0 Å². The molecule has 0 radical (unpaired) electrons. The first kappa shape index (κ1) is 36.0. The number of carbonyl (C=O) groups excluding carboxylic acids is 6. The quantitative estimate of drug-likeness (QED) is 0.131. The third kappa shape index (κ3) is 16.0. The number of rotatable bonds is 9. The maximum absolute atomic E-state index is 9.63. The van der Waals surface area contributed by atoms with Gasteiger partial charge in [-0.25, -0.2) is 0 Å². The first-order chi connectivity index (χ1) is 13.4. The Kier molecular flexibility index (Phi) is 20.1. The van der Waals surface area contributed by atoms with Crippen LogP contribution in [0, 0.1) is 31.1 Å². The molecular formula is C12H12O18U-6. The van der Waals surface area contributed by atoms with Gasteiger partial charge in [0, 0.05) is 31.1 Å². The second-order valence-electron chi connectivity index (χ2n) is 4.58. The van der Waals surface area contributed by atoms with Crippen LogP contribution in [0.2, 0.25) is 0 Å². The summed E-state index contributed by atoms with van der Waals surface area (Å²) in [7, 11) is 0. The van der Waals surface area contributed by atoms with Crippen molar-refractivity contribution < 1.29 is 121 Å². The van der Waals surface area contributed by atoms with E-state index in [1.54, 1.807) is 0 Å². The van der Waals surface area contributed by atoms with E-state index < -0.39 is 72.4 Å². The summed E-state index contributed by atoms with van der Waals surface area (Å²) in [6.07, 6.45) is -14.6. The van der Waals surface area contributed by atoms with Crippen LogP contribution in [-0.4, -0.2) is 103 Å². The van der Waals surface area contributed by atoms with Crippen LogP contribution in [0.5, 0.6) is 0 Å². The Hall–Kier alpha value is -2.37. The zero-order chi connectivity index (χ0) is 24.9. The second-order valence-corrected chi connectivity index (χ2v) is 4.58. The Labute approximate surface area is 193 Å². The van der Waals surface area contributed by atoms with Gasteiger partial charge in [0.15, 0.2) is 0 Å². The zero-order valence-electron chi connectivity index (χ0n) is 14.5. The van der Waals surface area contributed by atoms with Crippen molar-refractivity contribution in [2.45, 2.75) is 36.6 Å². The predicted octanol–water partition coefficient (Wildman–Crippen LogP) is -14.4. The van der Waals surface area contributed by atoms with Crippen LogP contribution >= 0.6 is 0 Å². The molecule has 0 rings (SSSR count). The van der Waals surface area contributed by atoms with Gasteiger partial charge in [-0.15, -0.1) is 0 Å². The van der Waals surface area contributed by atoms with E-state index in [0.717, 1.165) is 0 Å². The molecule has 178 valence electrons. The van der Waals surface area contributed by atoms with E-state index in [1.165, 1.54) is 0 Å². The fourth-order valence-corrected chi connectivity index (χ4v) is 0.773. The summed E-state index contributed by atoms with van der Waals surface area (Å²) in [6, 6.07) is 0. The van der Waals surface area contributed by atoms with Crippen LogP contribution in [0.15, 0.2) is 0 Å². The van der Waals surface area contributed by atoms with Gasteiger partial charge in [-0.2, -0.15) is 0 Å². The number of aliphatic carboxylic acids is 6. The standard InChI is InChI=1S/3C4H6O6.U/c3*5-1(3(7)8)2(6)4(9)10;/h3*1-2,5-6H,(H,7,8)(H,9,10);/p-6. The number of aliphatic hydroxyl groups is 6. The van der Waals surface area contributed by atoms with Gasteiger partial charge in [-0.1, -0.05) is 0 Å². The molecule has 0 aliphatic rings. The number of hydrogen-bond acceptors (Lipinski definition) is 18. The van der Waals surface area contributed by atoms with Crippen LogP contribution in [-0.2, 0) is 28.8 Å². The van der Waals surface area contributed by atoms with Gasteiger partial charge in [0.25, 0.3) is 0 Å². The summed E-state index contributed by atoms with van der Waals surface area (Å²) in [6.45, 7) is 0. The number of carboxylic acid groups (broad SMARTS) is 6. The molecule has 18 nitrogen and oxygen atoms in total. The molecular weight excluding hydrogens is 670 g/mol. The molecule has 0 aromatic heterocycles. The van der Waals surface area contributed by atoms with E-state index in [-0.39, 0.29) is 31.1 Å².